The van der Waals surface area contributed by atoms with E-state index in [1.807, 2.05) is 23.0 Å². The van der Waals surface area contributed by atoms with E-state index >= 15 is 0 Å². The van der Waals surface area contributed by atoms with E-state index < -0.39 is 17.1 Å². The van der Waals surface area contributed by atoms with E-state index in [0.717, 1.165) is 22.2 Å². The predicted octanol–water partition coefficient (Wildman–Crippen LogP) is 4.40. The molecule has 0 saturated carbocycles. The summed E-state index contributed by atoms with van der Waals surface area (Å²) in [5.74, 6) is -0.916. The molecule has 3 amide bonds. The van der Waals surface area contributed by atoms with Crippen molar-refractivity contribution in [2.24, 2.45) is 0 Å². The normalized spacial score (nSPS) is 15.9. The third kappa shape index (κ3) is 4.61. The Morgan fingerprint density at radius 1 is 1.22 bits per heavy atom. The average molecular weight is 404 g/mol. The highest BCUT2D eigenvalue weighted by Gasteiger charge is 2.36. The van der Waals surface area contributed by atoms with E-state index in [1.165, 1.54) is 0 Å². The first kappa shape index (κ1) is 19.3. The molecule has 0 spiro atoms. The lowest BCUT2D eigenvalue weighted by Gasteiger charge is -2.12. The molecule has 0 radical (unpaired) electrons. The van der Waals surface area contributed by atoms with Gasteiger partial charge in [-0.1, -0.05) is 11.6 Å². The number of carbonyl (C=O) groups is 3. The molecule has 0 bridgehead atoms. The van der Waals surface area contributed by atoms with Gasteiger partial charge in [-0.2, -0.15) is 0 Å². The first-order valence-electron chi connectivity index (χ1n) is 8.32. The van der Waals surface area contributed by atoms with E-state index in [-0.39, 0.29) is 6.54 Å². The van der Waals surface area contributed by atoms with Crippen LogP contribution in [-0.4, -0.2) is 33.1 Å². The van der Waals surface area contributed by atoms with Gasteiger partial charge in [-0.05, 0) is 67.6 Å². The number of anilines is 1. The van der Waals surface area contributed by atoms with Crippen molar-refractivity contribution in [3.63, 3.8) is 0 Å². The third-order valence-electron chi connectivity index (χ3n) is 3.93. The molecule has 3 rings (SSSR count). The molecule has 2 heterocycles. The number of halogens is 1. The number of aromatic nitrogens is 1. The van der Waals surface area contributed by atoms with Crippen LogP contribution in [-0.2, 0) is 9.59 Å². The second-order valence-electron chi connectivity index (χ2n) is 6.31. The highest BCUT2D eigenvalue weighted by Crippen LogP contribution is 2.32. The molecule has 1 aromatic carbocycles. The number of benzene rings is 1. The van der Waals surface area contributed by atoms with Crippen LogP contribution in [0.25, 0.3) is 6.08 Å². The molecule has 140 valence electrons. The van der Waals surface area contributed by atoms with E-state index in [2.05, 4.69) is 19.2 Å². The monoisotopic (exact) mass is 403 g/mol. The molecular weight excluding hydrogens is 386 g/mol. The molecule has 0 atom stereocenters. The molecule has 2 aromatic rings. The Morgan fingerprint density at radius 3 is 2.56 bits per heavy atom. The molecule has 1 fully saturated rings. The summed E-state index contributed by atoms with van der Waals surface area (Å²) in [4.78, 5) is 38.1. The summed E-state index contributed by atoms with van der Waals surface area (Å²) < 4.78 is 2.01. The van der Waals surface area contributed by atoms with Gasteiger partial charge in [-0.25, -0.2) is 0 Å². The molecule has 1 aromatic heterocycles. The lowest BCUT2D eigenvalue weighted by atomic mass is 10.3. The number of nitrogens with zero attached hydrogens (tertiary/aromatic N) is 2. The molecule has 27 heavy (non-hydrogen) atoms. The zero-order valence-electron chi connectivity index (χ0n) is 14.8. The van der Waals surface area contributed by atoms with Crippen molar-refractivity contribution < 1.29 is 14.4 Å². The van der Waals surface area contributed by atoms with E-state index in [1.54, 1.807) is 30.3 Å². The highest BCUT2D eigenvalue weighted by molar-refractivity contribution is 8.18. The Balaban J connectivity index is 1.67. The van der Waals surface area contributed by atoms with Gasteiger partial charge in [-0.15, -0.1) is 0 Å². The summed E-state index contributed by atoms with van der Waals surface area (Å²) in [6.45, 7) is 3.77. The van der Waals surface area contributed by atoms with Crippen molar-refractivity contribution in [2.45, 2.75) is 19.9 Å². The molecular formula is C19H18ClN3O3S. The fraction of sp³-hybridized carbons (Fsp3) is 0.211. The summed E-state index contributed by atoms with van der Waals surface area (Å²) in [5.41, 5.74) is 1.38. The first-order valence-corrected chi connectivity index (χ1v) is 9.51. The van der Waals surface area contributed by atoms with Crippen molar-refractivity contribution in [1.82, 2.24) is 9.47 Å². The largest absolute Gasteiger partial charge is 0.351 e. The van der Waals surface area contributed by atoms with Crippen LogP contribution in [0.2, 0.25) is 5.02 Å². The van der Waals surface area contributed by atoms with Crippen LogP contribution in [0.4, 0.5) is 10.5 Å². The fourth-order valence-corrected chi connectivity index (χ4v) is 3.47. The Morgan fingerprint density at radius 2 is 1.93 bits per heavy atom. The van der Waals surface area contributed by atoms with Gasteiger partial charge >= 0.3 is 0 Å². The van der Waals surface area contributed by atoms with Crippen LogP contribution in [0.5, 0.6) is 0 Å². The smallest absolute Gasteiger partial charge is 0.294 e. The van der Waals surface area contributed by atoms with Crippen LogP contribution in [0.3, 0.4) is 0 Å². The summed E-state index contributed by atoms with van der Waals surface area (Å²) in [6, 6.07) is 8.76. The summed E-state index contributed by atoms with van der Waals surface area (Å²) in [7, 11) is 0. The van der Waals surface area contributed by atoms with E-state index in [0.29, 0.717) is 21.7 Å². The molecule has 0 aliphatic carbocycles. The number of thioether (sulfide) groups is 1. The summed E-state index contributed by atoms with van der Waals surface area (Å²) in [5, 5.41) is 2.74. The van der Waals surface area contributed by atoms with Crippen LogP contribution in [0, 0.1) is 0 Å². The number of carbonyl (C=O) groups excluding carboxylic acids is 3. The van der Waals surface area contributed by atoms with Crippen molar-refractivity contribution in [3.05, 3.63) is 58.2 Å². The number of nitrogens with one attached hydrogen (secondary N) is 1. The molecule has 1 N–H and O–H groups in total. The fourth-order valence-electron chi connectivity index (χ4n) is 2.50. The van der Waals surface area contributed by atoms with Gasteiger partial charge in [-0.3, -0.25) is 19.3 Å². The van der Waals surface area contributed by atoms with Crippen molar-refractivity contribution in [1.29, 1.82) is 0 Å². The Kier molecular flexibility index (Phi) is 5.72. The Bertz CT molecular complexity index is 919. The zero-order valence-corrected chi connectivity index (χ0v) is 16.4. The lowest BCUT2D eigenvalue weighted by molar-refractivity contribution is -0.127. The zero-order chi connectivity index (χ0) is 19.6. The first-order chi connectivity index (χ1) is 12.8. The standard InChI is InChI=1S/C19H18ClN3O3S/c1-12(2)22-8-7-13(10-22)9-16-18(25)23(19(26)27-16)11-17(24)21-15-5-3-14(20)4-6-15/h3-10,12H,11H2,1-2H3,(H,21,24)/b16-9+. The Hall–Kier alpha value is -2.51. The molecule has 8 heteroatoms. The second kappa shape index (κ2) is 8.02. The lowest BCUT2D eigenvalue weighted by Crippen LogP contribution is -2.36. The second-order valence-corrected chi connectivity index (χ2v) is 7.74. The number of amides is 3. The maximum atomic E-state index is 12.5. The number of rotatable bonds is 5. The maximum Gasteiger partial charge on any atom is 0.294 e. The van der Waals surface area contributed by atoms with Crippen LogP contribution in [0.15, 0.2) is 47.6 Å². The van der Waals surface area contributed by atoms with Gasteiger partial charge in [0.1, 0.15) is 6.54 Å². The molecule has 6 nitrogen and oxygen atoms in total. The number of hydrogen-bond acceptors (Lipinski definition) is 4. The quantitative estimate of drug-likeness (QED) is 0.751. The number of imide groups is 1. The van der Waals surface area contributed by atoms with Crippen molar-refractivity contribution >= 4 is 52.2 Å². The number of hydrogen-bond donors (Lipinski definition) is 1. The minimum Gasteiger partial charge on any atom is -0.351 e. The third-order valence-corrected chi connectivity index (χ3v) is 5.09. The maximum absolute atomic E-state index is 12.5. The Labute approximate surface area is 166 Å². The average Bonchev–Trinajstić information content (AvgIpc) is 3.18. The SMILES string of the molecule is CC(C)n1ccc(/C=C2/SC(=O)N(CC(=O)Nc3ccc(Cl)cc3)C2=O)c1. The van der Waals surface area contributed by atoms with E-state index in [4.69, 9.17) is 11.6 Å². The minimum absolute atomic E-state index is 0.304. The van der Waals surface area contributed by atoms with E-state index in [9.17, 15) is 14.4 Å². The topological polar surface area (TPSA) is 71.4 Å². The summed E-state index contributed by atoms with van der Waals surface area (Å²) >= 11 is 6.64. The van der Waals surface area contributed by atoms with Gasteiger partial charge in [0.05, 0.1) is 4.91 Å². The molecule has 1 aliphatic rings. The van der Waals surface area contributed by atoms with Crippen molar-refractivity contribution in [3.8, 4) is 0 Å². The van der Waals surface area contributed by atoms with Gasteiger partial charge in [0, 0.05) is 29.1 Å². The van der Waals surface area contributed by atoms with Crippen LogP contribution >= 0.6 is 23.4 Å². The van der Waals surface area contributed by atoms with Gasteiger partial charge in [0.2, 0.25) is 5.91 Å². The summed E-state index contributed by atoms with van der Waals surface area (Å²) in [6.07, 6.45) is 5.49. The highest BCUT2D eigenvalue weighted by atomic mass is 35.5. The van der Waals surface area contributed by atoms with Gasteiger partial charge in [0.15, 0.2) is 0 Å². The predicted molar refractivity (Wildman–Crippen MR) is 108 cm³/mol. The van der Waals surface area contributed by atoms with Crippen LogP contribution < -0.4 is 5.32 Å². The van der Waals surface area contributed by atoms with Gasteiger partial charge < -0.3 is 9.88 Å². The molecule has 0 unspecified atom stereocenters. The van der Waals surface area contributed by atoms with Crippen LogP contribution in [0.1, 0.15) is 25.5 Å². The minimum atomic E-state index is -0.464. The van der Waals surface area contributed by atoms with Gasteiger partial charge in [0.25, 0.3) is 11.1 Å². The molecule has 1 saturated heterocycles. The molecule has 1 aliphatic heterocycles. The van der Waals surface area contributed by atoms with Crippen molar-refractivity contribution in [2.75, 3.05) is 11.9 Å².